The number of benzene rings is 1. The third kappa shape index (κ3) is 2.54. The van der Waals surface area contributed by atoms with Crippen LogP contribution in [0.25, 0.3) is 0 Å². The van der Waals surface area contributed by atoms with E-state index in [4.69, 9.17) is 0 Å². The second-order valence-electron chi connectivity index (χ2n) is 3.83. The van der Waals surface area contributed by atoms with Gasteiger partial charge in [-0.25, -0.2) is 12.4 Å². The zero-order valence-electron chi connectivity index (χ0n) is 10.5. The van der Waals surface area contributed by atoms with Crippen LogP contribution in [0.1, 0.15) is 10.5 Å². The molecule has 0 saturated carbocycles. The van der Waals surface area contributed by atoms with E-state index in [1.165, 1.54) is 36.7 Å². The molecule has 0 amide bonds. The number of nitrogens with zero attached hydrogens (tertiary/aromatic N) is 1. The Balaban J connectivity index is 2.53. The van der Waals surface area contributed by atoms with Gasteiger partial charge >= 0.3 is 0 Å². The fourth-order valence-electron chi connectivity index (χ4n) is 1.65. The minimum Gasteiger partial charge on any atom is -0.283 e. The Hall–Kier alpha value is -1.86. The number of aromatic nitrogens is 1. The molecule has 0 radical (unpaired) electrons. The first-order valence-corrected chi connectivity index (χ1v) is 8.25. The van der Waals surface area contributed by atoms with Gasteiger partial charge in [0.1, 0.15) is 5.69 Å². The van der Waals surface area contributed by atoms with Gasteiger partial charge in [0.2, 0.25) is 0 Å². The first kappa shape index (κ1) is 14.5. The summed E-state index contributed by atoms with van der Waals surface area (Å²) in [5, 5.41) is -0.701. The molecule has 0 aliphatic rings. The molecule has 0 atom stereocenters. The smallest absolute Gasteiger partial charge is 0.268 e. The molecule has 1 heterocycles. The van der Waals surface area contributed by atoms with Crippen molar-refractivity contribution in [3.05, 3.63) is 54.4 Å². The molecule has 1 aromatic heterocycles. The topological polar surface area (TPSA) is 73.2 Å². The van der Waals surface area contributed by atoms with E-state index in [1.807, 2.05) is 0 Å². The Morgan fingerprint density at radius 3 is 2.30 bits per heavy atom. The minimum absolute atomic E-state index is 0.0573. The summed E-state index contributed by atoms with van der Waals surface area (Å²) in [4.78, 5) is 23.4. The SMILES string of the molecule is CSC(=O)C(=O)c1cccn1S(=O)(=O)c1ccccc1. The van der Waals surface area contributed by atoms with E-state index in [9.17, 15) is 18.0 Å². The predicted octanol–water partition coefficient (Wildman–Crippen LogP) is 1.80. The normalized spacial score (nSPS) is 11.2. The zero-order chi connectivity index (χ0) is 14.8. The van der Waals surface area contributed by atoms with E-state index in [2.05, 4.69) is 0 Å². The Kier molecular flexibility index (Phi) is 4.10. The molecule has 0 fully saturated rings. The molecule has 0 aliphatic carbocycles. The van der Waals surface area contributed by atoms with E-state index < -0.39 is 20.9 Å². The second-order valence-corrected chi connectivity index (χ2v) is 6.42. The summed E-state index contributed by atoms with van der Waals surface area (Å²) in [6.45, 7) is 0. The lowest BCUT2D eigenvalue weighted by Gasteiger charge is -2.08. The van der Waals surface area contributed by atoms with E-state index in [1.54, 1.807) is 18.2 Å². The predicted molar refractivity (Wildman–Crippen MR) is 76.3 cm³/mol. The fraction of sp³-hybridized carbons (Fsp3) is 0.0769. The first-order chi connectivity index (χ1) is 9.48. The molecule has 7 heteroatoms. The average Bonchev–Trinajstić information content (AvgIpc) is 2.96. The van der Waals surface area contributed by atoms with Crippen LogP contribution < -0.4 is 0 Å². The van der Waals surface area contributed by atoms with Crippen molar-refractivity contribution < 1.29 is 18.0 Å². The van der Waals surface area contributed by atoms with Crippen LogP contribution in [-0.4, -0.2) is 29.5 Å². The Morgan fingerprint density at radius 1 is 1.05 bits per heavy atom. The molecule has 0 N–H and O–H groups in total. The summed E-state index contributed by atoms with van der Waals surface area (Å²) in [5.74, 6) is -0.831. The summed E-state index contributed by atoms with van der Waals surface area (Å²) < 4.78 is 25.7. The maximum Gasteiger partial charge on any atom is 0.268 e. The lowest BCUT2D eigenvalue weighted by molar-refractivity contribution is -0.107. The van der Waals surface area contributed by atoms with Crippen molar-refractivity contribution in [2.75, 3.05) is 6.26 Å². The van der Waals surface area contributed by atoms with Gasteiger partial charge in [-0.2, -0.15) is 0 Å². The van der Waals surface area contributed by atoms with Crippen molar-refractivity contribution in [3.8, 4) is 0 Å². The van der Waals surface area contributed by atoms with E-state index in [0.717, 1.165) is 15.7 Å². The lowest BCUT2D eigenvalue weighted by Crippen LogP contribution is -2.21. The largest absolute Gasteiger partial charge is 0.283 e. The van der Waals surface area contributed by atoms with E-state index in [0.29, 0.717) is 0 Å². The number of hydrogen-bond donors (Lipinski definition) is 0. The summed E-state index contributed by atoms with van der Waals surface area (Å²) in [5.41, 5.74) is -0.159. The molecular weight excluding hydrogens is 298 g/mol. The van der Waals surface area contributed by atoms with Crippen molar-refractivity contribution in [2.45, 2.75) is 4.90 Å². The molecule has 2 rings (SSSR count). The highest BCUT2D eigenvalue weighted by atomic mass is 32.2. The summed E-state index contributed by atoms with van der Waals surface area (Å²) in [6.07, 6.45) is 2.72. The van der Waals surface area contributed by atoms with E-state index >= 15 is 0 Å². The molecule has 0 bridgehead atoms. The zero-order valence-corrected chi connectivity index (χ0v) is 12.1. The molecule has 5 nitrogen and oxygen atoms in total. The van der Waals surface area contributed by atoms with Crippen LogP contribution in [0.4, 0.5) is 0 Å². The number of carbonyl (C=O) groups is 2. The van der Waals surface area contributed by atoms with Gasteiger partial charge < -0.3 is 0 Å². The van der Waals surface area contributed by atoms with Crippen LogP contribution in [0.2, 0.25) is 0 Å². The quantitative estimate of drug-likeness (QED) is 0.636. The highest BCUT2D eigenvalue weighted by Crippen LogP contribution is 2.17. The highest BCUT2D eigenvalue weighted by molar-refractivity contribution is 8.14. The van der Waals surface area contributed by atoms with Gasteiger partial charge in [0.25, 0.3) is 20.9 Å². The molecule has 0 unspecified atom stereocenters. The summed E-state index contributed by atoms with van der Waals surface area (Å²) >= 11 is 0.750. The van der Waals surface area contributed by atoms with Crippen molar-refractivity contribution in [3.63, 3.8) is 0 Å². The highest BCUT2D eigenvalue weighted by Gasteiger charge is 2.25. The van der Waals surface area contributed by atoms with Crippen molar-refractivity contribution in [1.29, 1.82) is 0 Å². The third-order valence-corrected chi connectivity index (χ3v) is 4.88. The molecule has 20 heavy (non-hydrogen) atoms. The monoisotopic (exact) mass is 309 g/mol. The molecule has 0 saturated heterocycles. The van der Waals surface area contributed by atoms with Crippen LogP contribution in [0.3, 0.4) is 0 Å². The number of rotatable bonds is 4. The van der Waals surface area contributed by atoms with Crippen molar-refractivity contribution >= 4 is 32.7 Å². The van der Waals surface area contributed by atoms with Gasteiger partial charge in [-0.3, -0.25) is 9.59 Å². The lowest BCUT2D eigenvalue weighted by atomic mass is 10.3. The van der Waals surface area contributed by atoms with Gasteiger partial charge in [0.05, 0.1) is 4.90 Å². The van der Waals surface area contributed by atoms with Crippen LogP contribution in [0.5, 0.6) is 0 Å². The molecule has 1 aromatic carbocycles. The van der Waals surface area contributed by atoms with Crippen molar-refractivity contribution in [1.82, 2.24) is 3.97 Å². The van der Waals surface area contributed by atoms with Gasteiger partial charge in [-0.1, -0.05) is 30.0 Å². The van der Waals surface area contributed by atoms with Gasteiger partial charge in [-0.05, 0) is 30.5 Å². The number of hydrogen-bond acceptors (Lipinski definition) is 5. The summed E-state index contributed by atoms with van der Waals surface area (Å²) in [7, 11) is -3.88. The molecular formula is C13H11NO4S2. The van der Waals surface area contributed by atoms with Gasteiger partial charge in [0, 0.05) is 6.20 Å². The van der Waals surface area contributed by atoms with Gasteiger partial charge in [-0.15, -0.1) is 0 Å². The maximum absolute atomic E-state index is 12.4. The average molecular weight is 309 g/mol. The molecule has 0 aliphatic heterocycles. The summed E-state index contributed by atoms with van der Waals surface area (Å²) in [6, 6.07) is 10.5. The van der Waals surface area contributed by atoms with Gasteiger partial charge in [0.15, 0.2) is 0 Å². The Labute approximate surface area is 120 Å². The third-order valence-electron chi connectivity index (χ3n) is 2.62. The number of thioether (sulfide) groups is 1. The molecule has 0 spiro atoms. The van der Waals surface area contributed by atoms with E-state index in [-0.39, 0.29) is 10.6 Å². The molecule has 2 aromatic rings. The first-order valence-electron chi connectivity index (χ1n) is 5.59. The molecule has 104 valence electrons. The fourth-order valence-corrected chi connectivity index (χ4v) is 3.31. The standard InChI is InChI=1S/C13H11NO4S2/c1-19-13(16)12(15)11-8-5-9-14(11)20(17,18)10-6-3-2-4-7-10/h2-9H,1H3. The van der Waals surface area contributed by atoms with Crippen molar-refractivity contribution in [2.24, 2.45) is 0 Å². The Morgan fingerprint density at radius 2 is 1.70 bits per heavy atom. The van der Waals surface area contributed by atoms with Crippen LogP contribution >= 0.6 is 11.8 Å². The minimum atomic E-state index is -3.88. The van der Waals surface area contributed by atoms with Crippen LogP contribution in [0.15, 0.2) is 53.6 Å². The second kappa shape index (κ2) is 5.64. The number of Topliss-reactive ketones (excluding diaryl/α,β-unsaturated/α-hetero) is 1. The Bertz CT molecular complexity index is 748. The maximum atomic E-state index is 12.4. The number of ketones is 1. The van der Waals surface area contributed by atoms with Crippen LogP contribution in [-0.2, 0) is 14.8 Å². The van der Waals surface area contributed by atoms with Crippen LogP contribution in [0, 0.1) is 0 Å². The number of carbonyl (C=O) groups excluding carboxylic acids is 2.